The first-order valence-corrected chi connectivity index (χ1v) is 15.1. The summed E-state index contributed by atoms with van der Waals surface area (Å²) < 4.78 is 18.5. The lowest BCUT2D eigenvalue weighted by molar-refractivity contribution is -0.0221. The molecule has 1 spiro atoms. The second-order valence-electron chi connectivity index (χ2n) is 9.08. The van der Waals surface area contributed by atoms with Crippen LogP contribution in [0.3, 0.4) is 0 Å². The maximum absolute atomic E-state index is 13.6. The predicted molar refractivity (Wildman–Crippen MR) is 157 cm³/mol. The predicted octanol–water partition coefficient (Wildman–Crippen LogP) is 4.47. The lowest BCUT2D eigenvalue weighted by Gasteiger charge is -2.46. The molecule has 224 valence electrons. The van der Waals surface area contributed by atoms with E-state index in [1.807, 2.05) is 38.1 Å². The van der Waals surface area contributed by atoms with Gasteiger partial charge < -0.3 is 34.6 Å². The van der Waals surface area contributed by atoms with Crippen molar-refractivity contribution in [2.45, 2.75) is 51.5 Å². The molecule has 2 amide bonds. The molecule has 1 unspecified atom stereocenters. The van der Waals surface area contributed by atoms with Crippen molar-refractivity contribution in [1.29, 1.82) is 0 Å². The highest BCUT2D eigenvalue weighted by atomic mass is 79.9. The molecule has 1 saturated heterocycles. The van der Waals surface area contributed by atoms with E-state index < -0.39 is 14.2 Å². The number of halogens is 1. The number of likely N-dealkylation sites (tertiary alicyclic amines) is 1. The minimum Gasteiger partial charge on any atom is -0.487 e. The van der Waals surface area contributed by atoms with Crippen molar-refractivity contribution in [1.82, 2.24) is 20.0 Å². The summed E-state index contributed by atoms with van der Waals surface area (Å²) in [6.07, 6.45) is 3.10. The van der Waals surface area contributed by atoms with Crippen LogP contribution in [0.15, 0.2) is 47.1 Å². The Morgan fingerprint density at radius 2 is 1.90 bits per heavy atom. The second kappa shape index (κ2) is 14.9. The first kappa shape index (κ1) is 32.7. The van der Waals surface area contributed by atoms with Gasteiger partial charge in [0.05, 0.1) is 18.7 Å². The average Bonchev–Trinajstić information content (AvgIpc) is 3.42. The van der Waals surface area contributed by atoms with Gasteiger partial charge in [0.15, 0.2) is 0 Å². The highest BCUT2D eigenvalue weighted by Gasteiger charge is 2.44. The van der Waals surface area contributed by atoms with Crippen LogP contribution < -0.4 is 10.1 Å². The van der Waals surface area contributed by atoms with Crippen LogP contribution in [0.4, 0.5) is 4.79 Å². The van der Waals surface area contributed by atoms with Gasteiger partial charge in [0, 0.05) is 61.1 Å². The fraction of sp³-hybridized carbons (Fsp3) is 0.444. The Hall–Kier alpha value is -2.80. The van der Waals surface area contributed by atoms with E-state index in [0.29, 0.717) is 49.2 Å². The molecule has 1 atom stereocenters. The number of aromatic nitrogens is 2. The number of hydrogen-bond donors (Lipinski definition) is 4. The molecule has 1 aromatic heterocycles. The zero-order valence-electron chi connectivity index (χ0n) is 23.4. The number of aliphatic hydroxyl groups excluding tert-OH is 1. The Morgan fingerprint density at radius 3 is 2.56 bits per heavy atom. The van der Waals surface area contributed by atoms with Crippen LogP contribution in [0.25, 0.3) is 10.9 Å². The second-order valence-corrected chi connectivity index (χ2v) is 10.8. The maximum atomic E-state index is 13.6. The smallest absolute Gasteiger partial charge is 0.409 e. The Morgan fingerprint density at radius 1 is 1.20 bits per heavy atom. The molecular formula is C27H36BrN4O8P. The van der Waals surface area contributed by atoms with Crippen LogP contribution in [0.5, 0.6) is 5.75 Å². The van der Waals surface area contributed by atoms with E-state index in [-0.39, 0.29) is 24.8 Å². The Labute approximate surface area is 248 Å². The van der Waals surface area contributed by atoms with E-state index >= 15 is 0 Å². The molecule has 2 aliphatic heterocycles. The fourth-order valence-corrected chi connectivity index (χ4v) is 5.59. The largest absolute Gasteiger partial charge is 0.487 e. The summed E-state index contributed by atoms with van der Waals surface area (Å²) in [5, 5.41) is 15.3. The Kier molecular flexibility index (Phi) is 11.9. The van der Waals surface area contributed by atoms with Crippen LogP contribution in [-0.4, -0.2) is 74.5 Å². The van der Waals surface area contributed by atoms with E-state index in [2.05, 4.69) is 26.3 Å². The highest BCUT2D eigenvalue weighted by molar-refractivity contribution is 9.10. The van der Waals surface area contributed by atoms with Crippen LogP contribution in [0.1, 0.15) is 55.1 Å². The molecule has 12 nitrogen and oxygen atoms in total. The molecule has 2 aromatic carbocycles. The molecule has 0 aliphatic carbocycles. The summed E-state index contributed by atoms with van der Waals surface area (Å²) in [4.78, 5) is 45.3. The highest BCUT2D eigenvalue weighted by Crippen LogP contribution is 2.45. The number of carbonyl (C=O) groups excluding carboxylic acids is 2. The van der Waals surface area contributed by atoms with E-state index in [1.165, 1.54) is 11.8 Å². The zero-order valence-corrected chi connectivity index (χ0v) is 25.9. The third-order valence-electron chi connectivity index (χ3n) is 6.80. The number of fused-ring (bicyclic) bond motifs is 2. The molecule has 2 aliphatic rings. The lowest BCUT2D eigenvalue weighted by Crippen LogP contribution is -2.53. The fourth-order valence-electron chi connectivity index (χ4n) is 4.99. The van der Waals surface area contributed by atoms with Crippen LogP contribution in [-0.2, 0) is 16.0 Å². The van der Waals surface area contributed by atoms with Gasteiger partial charge in [-0.25, -0.2) is 9.48 Å². The number of ether oxygens (including phenoxy) is 2. The molecule has 3 heterocycles. The molecule has 0 bridgehead atoms. The van der Waals surface area contributed by atoms with Crippen molar-refractivity contribution < 1.29 is 38.5 Å². The van der Waals surface area contributed by atoms with E-state index in [9.17, 15) is 9.59 Å². The number of amides is 2. The van der Waals surface area contributed by atoms with Gasteiger partial charge in [0.2, 0.25) is 0 Å². The van der Waals surface area contributed by atoms with Gasteiger partial charge >= 0.3 is 14.7 Å². The molecule has 0 radical (unpaired) electrons. The number of nitrogens with one attached hydrogen (secondary N) is 1. The Bertz CT molecular complexity index is 1330. The molecule has 14 heteroatoms. The minimum absolute atomic E-state index is 0.152. The van der Waals surface area contributed by atoms with Gasteiger partial charge in [0.25, 0.3) is 5.91 Å². The van der Waals surface area contributed by atoms with Crippen molar-refractivity contribution in [3.8, 4) is 5.75 Å². The molecule has 5 rings (SSSR count). The van der Waals surface area contributed by atoms with Gasteiger partial charge in [-0.15, -0.1) is 0 Å². The summed E-state index contributed by atoms with van der Waals surface area (Å²) in [5.41, 5.74) is 1.21. The summed E-state index contributed by atoms with van der Waals surface area (Å²) >= 11 is 3.52. The van der Waals surface area contributed by atoms with E-state index in [1.54, 1.807) is 23.2 Å². The first-order valence-electron chi connectivity index (χ1n) is 13.1. The van der Waals surface area contributed by atoms with Gasteiger partial charge in [-0.2, -0.15) is 5.10 Å². The molecule has 4 N–H and O–H groups in total. The number of carbonyl (C=O) groups is 2. The van der Waals surface area contributed by atoms with Crippen molar-refractivity contribution in [2.24, 2.45) is 0 Å². The third-order valence-corrected chi connectivity index (χ3v) is 7.64. The Balaban J connectivity index is 0.00000111. The van der Waals surface area contributed by atoms with E-state index in [4.69, 9.17) is 28.9 Å². The average molecular weight is 655 g/mol. The van der Waals surface area contributed by atoms with Gasteiger partial charge in [-0.05, 0) is 24.3 Å². The van der Waals surface area contributed by atoms with Gasteiger partial charge in [0.1, 0.15) is 23.6 Å². The maximum Gasteiger partial charge on any atom is 0.409 e. The van der Waals surface area contributed by atoms with Crippen molar-refractivity contribution in [2.75, 3.05) is 27.3 Å². The minimum atomic E-state index is -2.51. The number of nitrogens with zero attached hydrogens (tertiary/aromatic N) is 3. The topological polar surface area (TPSA) is 156 Å². The lowest BCUT2D eigenvalue weighted by atomic mass is 9.80. The summed E-state index contributed by atoms with van der Waals surface area (Å²) in [7, 11) is -0.143. The first-order chi connectivity index (χ1) is 19.8. The number of methoxy groups -OCH3 is 1. The third kappa shape index (κ3) is 7.73. The molecule has 3 aromatic rings. The number of benzene rings is 2. The molecule has 0 saturated carbocycles. The normalized spacial score (nSPS) is 17.0. The van der Waals surface area contributed by atoms with Crippen LogP contribution >= 0.6 is 24.5 Å². The monoisotopic (exact) mass is 654 g/mol. The summed E-state index contributed by atoms with van der Waals surface area (Å²) in [5.74, 6) is 0.415. The number of piperidine rings is 1. The SMILES string of the molecule is CC.CO.COC(=O)N1CCC2(CC1)CC(NC(=O)c1cccc3cn(COP(O)O)nc13)c1cc(Br)ccc1O2. The molecular weight excluding hydrogens is 619 g/mol. The number of hydrogen-bond acceptors (Lipinski definition) is 9. The molecule has 41 heavy (non-hydrogen) atoms. The van der Waals surface area contributed by atoms with Crippen LogP contribution in [0.2, 0.25) is 0 Å². The standard InChI is InChI=1S/C24H26BrN4O7P.C2H6.CH4O/c1-34-23(31)28-9-7-24(8-10-28)12-19(18-11-16(25)5-6-20(18)36-24)26-22(30)17-4-2-3-15-13-29(27-21(15)17)14-35-37(32)33;2*1-2/h2-6,11,13,19,32-33H,7-10,12,14H2,1H3,(H,26,30);1-2H3;2H,1H3. The number of aliphatic hydroxyl groups is 1. The van der Waals surface area contributed by atoms with Gasteiger partial charge in [-0.3, -0.25) is 9.32 Å². The van der Waals surface area contributed by atoms with Crippen molar-refractivity contribution in [3.63, 3.8) is 0 Å². The summed E-state index contributed by atoms with van der Waals surface area (Å²) in [6.45, 7) is 4.85. The quantitative estimate of drug-likeness (QED) is 0.292. The van der Waals surface area contributed by atoms with Crippen LogP contribution in [0, 0.1) is 0 Å². The van der Waals surface area contributed by atoms with Crippen molar-refractivity contribution in [3.05, 3.63) is 58.2 Å². The summed E-state index contributed by atoms with van der Waals surface area (Å²) in [6, 6.07) is 10.7. The zero-order chi connectivity index (χ0) is 30.2. The molecule has 1 fully saturated rings. The van der Waals surface area contributed by atoms with Crippen molar-refractivity contribution >= 4 is 47.4 Å². The number of rotatable bonds is 5. The van der Waals surface area contributed by atoms with Gasteiger partial charge in [-0.1, -0.05) is 41.9 Å². The van der Waals surface area contributed by atoms with E-state index in [0.717, 1.165) is 22.5 Å².